The predicted molar refractivity (Wildman–Crippen MR) is 72.7 cm³/mol. The Balaban J connectivity index is 2.02. The van der Waals surface area contributed by atoms with Crippen molar-refractivity contribution in [2.75, 3.05) is 19.0 Å². The Hall–Kier alpha value is -1.81. The first kappa shape index (κ1) is 12.6. The van der Waals surface area contributed by atoms with Gasteiger partial charge in [-0.2, -0.15) is 5.10 Å². The van der Waals surface area contributed by atoms with E-state index in [1.54, 1.807) is 7.11 Å². The van der Waals surface area contributed by atoms with E-state index < -0.39 is 0 Å². The van der Waals surface area contributed by atoms with Gasteiger partial charge in [0.25, 0.3) is 0 Å². The van der Waals surface area contributed by atoms with Crippen molar-refractivity contribution in [1.29, 1.82) is 0 Å². The average molecular weight is 245 g/mol. The van der Waals surface area contributed by atoms with Gasteiger partial charge in [-0.05, 0) is 25.0 Å². The number of anilines is 1. The van der Waals surface area contributed by atoms with Crippen molar-refractivity contribution < 1.29 is 4.74 Å². The molecular weight excluding hydrogens is 226 g/mol. The minimum atomic E-state index is 0.740. The number of hydrogen-bond acceptors (Lipinski definition) is 3. The molecule has 0 atom stereocenters. The van der Waals surface area contributed by atoms with Gasteiger partial charge in [0.2, 0.25) is 0 Å². The number of hydrogen-bond donors (Lipinski definition) is 2. The summed E-state index contributed by atoms with van der Waals surface area (Å²) in [6.45, 7) is 3.55. The number of nitrogens with zero attached hydrogens (tertiary/aromatic N) is 1. The van der Waals surface area contributed by atoms with Crippen LogP contribution < -0.4 is 5.32 Å². The lowest BCUT2D eigenvalue weighted by atomic mass is 10.1. The van der Waals surface area contributed by atoms with Crippen LogP contribution in [0.3, 0.4) is 0 Å². The standard InChI is InChI=1S/C14H19N3O/c1-11-13(10-16-17-11)9-15-14-6-4-3-5-12(14)7-8-18-2/h3-6,10,15H,7-9H2,1-2H3,(H,16,17). The molecule has 4 nitrogen and oxygen atoms in total. The van der Waals surface area contributed by atoms with E-state index in [0.29, 0.717) is 0 Å². The quantitative estimate of drug-likeness (QED) is 0.822. The molecule has 4 heteroatoms. The van der Waals surface area contributed by atoms with E-state index >= 15 is 0 Å². The Kier molecular flexibility index (Phi) is 4.36. The molecule has 0 aliphatic carbocycles. The van der Waals surface area contributed by atoms with Gasteiger partial charge >= 0.3 is 0 Å². The van der Waals surface area contributed by atoms with Crippen LogP contribution in [0.4, 0.5) is 5.69 Å². The molecule has 0 saturated heterocycles. The summed E-state index contributed by atoms with van der Waals surface area (Å²) in [6.07, 6.45) is 2.78. The number of para-hydroxylation sites is 1. The van der Waals surface area contributed by atoms with Crippen LogP contribution in [0.5, 0.6) is 0 Å². The van der Waals surface area contributed by atoms with E-state index in [4.69, 9.17) is 4.74 Å². The van der Waals surface area contributed by atoms with E-state index in [2.05, 4.69) is 33.7 Å². The van der Waals surface area contributed by atoms with Gasteiger partial charge in [-0.25, -0.2) is 0 Å². The van der Waals surface area contributed by atoms with Crippen molar-refractivity contribution in [2.45, 2.75) is 19.9 Å². The van der Waals surface area contributed by atoms with Gasteiger partial charge < -0.3 is 10.1 Å². The maximum atomic E-state index is 5.13. The molecule has 0 fully saturated rings. The van der Waals surface area contributed by atoms with Crippen LogP contribution in [0.25, 0.3) is 0 Å². The molecule has 2 N–H and O–H groups in total. The van der Waals surface area contributed by atoms with Gasteiger partial charge in [-0.3, -0.25) is 5.10 Å². The van der Waals surface area contributed by atoms with Crippen LogP contribution in [0.2, 0.25) is 0 Å². The third kappa shape index (κ3) is 3.11. The molecule has 0 aliphatic rings. The van der Waals surface area contributed by atoms with Crippen LogP contribution >= 0.6 is 0 Å². The van der Waals surface area contributed by atoms with E-state index in [0.717, 1.165) is 31.0 Å². The molecule has 0 unspecified atom stereocenters. The number of benzene rings is 1. The summed E-state index contributed by atoms with van der Waals surface area (Å²) in [5, 5.41) is 10.4. The van der Waals surface area contributed by atoms with Gasteiger partial charge in [-0.1, -0.05) is 18.2 Å². The van der Waals surface area contributed by atoms with E-state index in [1.807, 2.05) is 19.2 Å². The number of ether oxygens (including phenoxy) is 1. The highest BCUT2D eigenvalue weighted by atomic mass is 16.5. The lowest BCUT2D eigenvalue weighted by Gasteiger charge is -2.11. The number of methoxy groups -OCH3 is 1. The zero-order valence-corrected chi connectivity index (χ0v) is 10.9. The lowest BCUT2D eigenvalue weighted by Crippen LogP contribution is -2.04. The minimum Gasteiger partial charge on any atom is -0.384 e. The van der Waals surface area contributed by atoms with Crippen LogP contribution in [0, 0.1) is 6.92 Å². The molecule has 2 rings (SSSR count). The molecule has 2 aromatic rings. The Morgan fingerprint density at radius 2 is 2.11 bits per heavy atom. The molecule has 0 bridgehead atoms. The maximum Gasteiger partial charge on any atom is 0.0539 e. The van der Waals surface area contributed by atoms with Crippen LogP contribution in [0.1, 0.15) is 16.8 Å². The summed E-state index contributed by atoms with van der Waals surface area (Å²) in [5.41, 5.74) is 4.74. The SMILES string of the molecule is COCCc1ccccc1NCc1cn[nH]c1C. The molecule has 96 valence electrons. The van der Waals surface area contributed by atoms with Crippen LogP contribution in [-0.2, 0) is 17.7 Å². The molecule has 1 aromatic carbocycles. The van der Waals surface area contributed by atoms with Gasteiger partial charge in [0.15, 0.2) is 0 Å². The molecule has 0 spiro atoms. The van der Waals surface area contributed by atoms with Crippen molar-refractivity contribution in [1.82, 2.24) is 10.2 Å². The van der Waals surface area contributed by atoms with Gasteiger partial charge in [-0.15, -0.1) is 0 Å². The largest absolute Gasteiger partial charge is 0.384 e. The summed E-state index contributed by atoms with van der Waals surface area (Å²) in [4.78, 5) is 0. The second kappa shape index (κ2) is 6.21. The monoisotopic (exact) mass is 245 g/mol. The Morgan fingerprint density at radius 1 is 1.28 bits per heavy atom. The fourth-order valence-corrected chi connectivity index (χ4v) is 1.87. The highest BCUT2D eigenvalue weighted by Crippen LogP contribution is 2.17. The first-order valence-electron chi connectivity index (χ1n) is 6.11. The summed E-state index contributed by atoms with van der Waals surface area (Å²) in [5.74, 6) is 0. The predicted octanol–water partition coefficient (Wildman–Crippen LogP) is 2.52. The van der Waals surface area contributed by atoms with Gasteiger partial charge in [0, 0.05) is 30.6 Å². The van der Waals surface area contributed by atoms with Crippen molar-refractivity contribution in [2.24, 2.45) is 0 Å². The number of nitrogens with one attached hydrogen (secondary N) is 2. The second-order valence-electron chi connectivity index (χ2n) is 4.27. The highest BCUT2D eigenvalue weighted by molar-refractivity contribution is 5.51. The van der Waals surface area contributed by atoms with Crippen molar-refractivity contribution in [3.8, 4) is 0 Å². The zero-order chi connectivity index (χ0) is 12.8. The Labute approximate surface area is 107 Å². The molecule has 0 saturated carbocycles. The molecule has 0 aliphatic heterocycles. The molecule has 0 radical (unpaired) electrons. The summed E-state index contributed by atoms with van der Waals surface area (Å²) >= 11 is 0. The number of rotatable bonds is 6. The molecule has 0 amide bonds. The zero-order valence-electron chi connectivity index (χ0n) is 10.9. The topological polar surface area (TPSA) is 49.9 Å². The Bertz CT molecular complexity index is 493. The molecule has 1 aromatic heterocycles. The fraction of sp³-hybridized carbons (Fsp3) is 0.357. The number of aromatic amines is 1. The molecule has 18 heavy (non-hydrogen) atoms. The van der Waals surface area contributed by atoms with E-state index in [1.165, 1.54) is 11.1 Å². The maximum absolute atomic E-state index is 5.13. The van der Waals surface area contributed by atoms with E-state index in [9.17, 15) is 0 Å². The Morgan fingerprint density at radius 3 is 2.83 bits per heavy atom. The van der Waals surface area contributed by atoms with Crippen molar-refractivity contribution in [3.63, 3.8) is 0 Å². The average Bonchev–Trinajstić information content (AvgIpc) is 2.80. The van der Waals surface area contributed by atoms with Gasteiger partial charge in [0.1, 0.15) is 0 Å². The van der Waals surface area contributed by atoms with Crippen LogP contribution in [-0.4, -0.2) is 23.9 Å². The highest BCUT2D eigenvalue weighted by Gasteiger charge is 2.03. The van der Waals surface area contributed by atoms with Crippen molar-refractivity contribution in [3.05, 3.63) is 47.3 Å². The minimum absolute atomic E-state index is 0.740. The third-order valence-corrected chi connectivity index (χ3v) is 3.00. The first-order valence-corrected chi connectivity index (χ1v) is 6.11. The third-order valence-electron chi connectivity index (χ3n) is 3.00. The lowest BCUT2D eigenvalue weighted by molar-refractivity contribution is 0.202. The smallest absolute Gasteiger partial charge is 0.0539 e. The molecule has 1 heterocycles. The van der Waals surface area contributed by atoms with Crippen molar-refractivity contribution >= 4 is 5.69 Å². The van der Waals surface area contributed by atoms with E-state index in [-0.39, 0.29) is 0 Å². The normalized spacial score (nSPS) is 10.6. The fourth-order valence-electron chi connectivity index (χ4n) is 1.87. The number of H-pyrrole nitrogens is 1. The number of aromatic nitrogens is 2. The van der Waals surface area contributed by atoms with Crippen LogP contribution in [0.15, 0.2) is 30.5 Å². The first-order chi connectivity index (χ1) is 8.81. The summed E-state index contributed by atoms with van der Waals surface area (Å²) in [6, 6.07) is 8.32. The summed E-state index contributed by atoms with van der Waals surface area (Å²) < 4.78 is 5.13. The molecular formula is C14H19N3O. The summed E-state index contributed by atoms with van der Waals surface area (Å²) in [7, 11) is 1.73. The van der Waals surface area contributed by atoms with Gasteiger partial charge in [0.05, 0.1) is 12.8 Å². The number of aryl methyl sites for hydroxylation is 1. The second-order valence-corrected chi connectivity index (χ2v) is 4.27.